The highest BCUT2D eigenvalue weighted by molar-refractivity contribution is 9.10. The Labute approximate surface area is 112 Å². The first kappa shape index (κ1) is 14.2. The molecule has 1 aromatic carbocycles. The van der Waals surface area contributed by atoms with Gasteiger partial charge in [0.2, 0.25) is 5.76 Å². The fourth-order valence-electron chi connectivity index (χ4n) is 1.04. The van der Waals surface area contributed by atoms with Crippen LogP contribution < -0.4 is 4.74 Å². The van der Waals surface area contributed by atoms with E-state index in [9.17, 15) is 9.59 Å². The van der Waals surface area contributed by atoms with Crippen molar-refractivity contribution in [1.29, 1.82) is 0 Å². The van der Waals surface area contributed by atoms with Crippen LogP contribution in [0.2, 0.25) is 0 Å². The predicted octanol–water partition coefficient (Wildman–Crippen LogP) is 2.06. The van der Waals surface area contributed by atoms with Gasteiger partial charge in [-0.1, -0.05) is 12.1 Å². The average Bonchev–Trinajstić information content (AvgIpc) is 2.39. The molecule has 0 aliphatic heterocycles. The van der Waals surface area contributed by atoms with Crippen LogP contribution in [0.1, 0.15) is 0 Å². The monoisotopic (exact) mass is 314 g/mol. The summed E-state index contributed by atoms with van der Waals surface area (Å²) in [6.45, 7) is 0. The van der Waals surface area contributed by atoms with Gasteiger partial charge >= 0.3 is 11.9 Å². The predicted molar refractivity (Wildman–Crippen MR) is 66.9 cm³/mol. The fraction of sp³-hybridized carbons (Fsp3) is 0.167. The Morgan fingerprint density at radius 2 is 1.83 bits per heavy atom. The largest absolute Gasteiger partial charge is 0.466 e. The zero-order valence-electron chi connectivity index (χ0n) is 9.81. The van der Waals surface area contributed by atoms with Gasteiger partial charge < -0.3 is 14.2 Å². The van der Waals surface area contributed by atoms with Crippen LogP contribution in [0.3, 0.4) is 0 Å². The molecular formula is C12H11BrO5. The number of ether oxygens (including phenoxy) is 3. The molecule has 0 spiro atoms. The van der Waals surface area contributed by atoms with Gasteiger partial charge in [0.15, 0.2) is 0 Å². The highest BCUT2D eigenvalue weighted by atomic mass is 79.9. The molecule has 0 aromatic heterocycles. The summed E-state index contributed by atoms with van der Waals surface area (Å²) in [6, 6.07) is 6.90. The van der Waals surface area contributed by atoms with Crippen molar-refractivity contribution in [3.05, 3.63) is 40.6 Å². The Morgan fingerprint density at radius 3 is 2.39 bits per heavy atom. The topological polar surface area (TPSA) is 61.8 Å². The van der Waals surface area contributed by atoms with Gasteiger partial charge in [0, 0.05) is 0 Å². The van der Waals surface area contributed by atoms with Crippen LogP contribution in [0.25, 0.3) is 0 Å². The summed E-state index contributed by atoms with van der Waals surface area (Å²) in [6.07, 6.45) is 0.922. The smallest absolute Gasteiger partial charge is 0.374 e. The van der Waals surface area contributed by atoms with E-state index in [2.05, 4.69) is 25.4 Å². The molecule has 0 heterocycles. The lowest BCUT2D eigenvalue weighted by Gasteiger charge is -2.09. The number of hydrogen-bond donors (Lipinski definition) is 0. The Morgan fingerprint density at radius 1 is 1.17 bits per heavy atom. The lowest BCUT2D eigenvalue weighted by molar-refractivity contribution is -0.140. The van der Waals surface area contributed by atoms with E-state index in [0.29, 0.717) is 10.2 Å². The number of methoxy groups -OCH3 is 2. The van der Waals surface area contributed by atoms with Gasteiger partial charge in [-0.15, -0.1) is 0 Å². The number of carbonyl (C=O) groups excluding carboxylic acids is 2. The summed E-state index contributed by atoms with van der Waals surface area (Å²) < 4.78 is 14.9. The van der Waals surface area contributed by atoms with Crippen molar-refractivity contribution in [2.24, 2.45) is 0 Å². The number of para-hydroxylation sites is 1. The number of hydrogen-bond acceptors (Lipinski definition) is 5. The normalized spacial score (nSPS) is 10.7. The number of esters is 2. The van der Waals surface area contributed by atoms with E-state index in [1.54, 1.807) is 24.3 Å². The van der Waals surface area contributed by atoms with Crippen LogP contribution >= 0.6 is 15.9 Å². The number of benzene rings is 1. The zero-order valence-corrected chi connectivity index (χ0v) is 11.4. The second-order valence-electron chi connectivity index (χ2n) is 3.06. The molecule has 0 bridgehead atoms. The van der Waals surface area contributed by atoms with Crippen molar-refractivity contribution in [3.63, 3.8) is 0 Å². The average molecular weight is 315 g/mol. The van der Waals surface area contributed by atoms with Gasteiger partial charge in [0.05, 0.1) is 24.8 Å². The van der Waals surface area contributed by atoms with Crippen molar-refractivity contribution >= 4 is 27.9 Å². The molecule has 18 heavy (non-hydrogen) atoms. The number of carbonyl (C=O) groups is 2. The van der Waals surface area contributed by atoms with Crippen molar-refractivity contribution in [2.75, 3.05) is 14.2 Å². The minimum Gasteiger partial charge on any atom is -0.466 e. The van der Waals surface area contributed by atoms with Crippen molar-refractivity contribution < 1.29 is 23.8 Å². The van der Waals surface area contributed by atoms with Crippen LogP contribution in [-0.4, -0.2) is 26.2 Å². The summed E-state index contributed by atoms with van der Waals surface area (Å²) in [4.78, 5) is 22.6. The third kappa shape index (κ3) is 3.89. The second kappa shape index (κ2) is 6.80. The third-order valence-corrected chi connectivity index (χ3v) is 2.55. The maximum absolute atomic E-state index is 11.4. The van der Waals surface area contributed by atoms with Crippen LogP contribution in [0.5, 0.6) is 5.75 Å². The molecule has 0 aliphatic carbocycles. The molecule has 0 atom stereocenters. The molecule has 96 valence electrons. The Hall–Kier alpha value is -1.82. The lowest BCUT2D eigenvalue weighted by Crippen LogP contribution is -2.13. The third-order valence-electron chi connectivity index (χ3n) is 1.89. The van der Waals surface area contributed by atoms with Crippen molar-refractivity contribution in [3.8, 4) is 5.75 Å². The molecule has 0 unspecified atom stereocenters. The molecule has 0 saturated carbocycles. The molecule has 1 rings (SSSR count). The van der Waals surface area contributed by atoms with Gasteiger partial charge in [-0.3, -0.25) is 0 Å². The minimum atomic E-state index is -0.767. The van der Waals surface area contributed by atoms with Crippen LogP contribution in [0.15, 0.2) is 40.6 Å². The van der Waals surface area contributed by atoms with E-state index in [4.69, 9.17) is 4.74 Å². The fourth-order valence-corrected chi connectivity index (χ4v) is 1.41. The van der Waals surface area contributed by atoms with Crippen molar-refractivity contribution in [2.45, 2.75) is 0 Å². The summed E-state index contributed by atoms with van der Waals surface area (Å²) in [5.74, 6) is -1.34. The van der Waals surface area contributed by atoms with E-state index in [1.165, 1.54) is 14.2 Å². The number of halogens is 1. The molecule has 0 amide bonds. The summed E-state index contributed by atoms with van der Waals surface area (Å²) in [5.41, 5.74) is 0. The van der Waals surface area contributed by atoms with E-state index >= 15 is 0 Å². The second-order valence-corrected chi connectivity index (χ2v) is 3.91. The molecule has 0 radical (unpaired) electrons. The Balaban J connectivity index is 3.00. The van der Waals surface area contributed by atoms with E-state index in [-0.39, 0.29) is 5.76 Å². The molecule has 0 aliphatic rings. The van der Waals surface area contributed by atoms with Crippen molar-refractivity contribution in [1.82, 2.24) is 0 Å². The van der Waals surface area contributed by atoms with E-state index in [0.717, 1.165) is 6.08 Å². The van der Waals surface area contributed by atoms with Crippen LogP contribution in [-0.2, 0) is 19.1 Å². The van der Waals surface area contributed by atoms with Crippen LogP contribution in [0, 0.1) is 0 Å². The maximum atomic E-state index is 11.4. The molecule has 0 saturated heterocycles. The maximum Gasteiger partial charge on any atom is 0.374 e. The summed E-state index contributed by atoms with van der Waals surface area (Å²) >= 11 is 3.26. The molecule has 5 nitrogen and oxygen atoms in total. The molecule has 0 N–H and O–H groups in total. The quantitative estimate of drug-likeness (QED) is 0.483. The number of rotatable bonds is 4. The first-order chi connectivity index (χ1) is 8.58. The molecule has 1 aromatic rings. The van der Waals surface area contributed by atoms with Gasteiger partial charge in [-0.05, 0) is 28.1 Å². The molecule has 6 heteroatoms. The van der Waals surface area contributed by atoms with Gasteiger partial charge in [0.25, 0.3) is 0 Å². The standard InChI is InChI=1S/C12H11BrO5/c1-16-11(14)7-10(12(15)17-2)18-9-6-4-3-5-8(9)13/h3-7H,1-2H3. The summed E-state index contributed by atoms with van der Waals surface area (Å²) in [5, 5.41) is 0. The van der Waals surface area contributed by atoms with Crippen LogP contribution in [0.4, 0.5) is 0 Å². The first-order valence-corrected chi connectivity index (χ1v) is 5.68. The highest BCUT2D eigenvalue weighted by Crippen LogP contribution is 2.25. The van der Waals surface area contributed by atoms with E-state index < -0.39 is 11.9 Å². The minimum absolute atomic E-state index is 0.253. The Kier molecular flexibility index (Phi) is 5.38. The Bertz CT molecular complexity index is 481. The highest BCUT2D eigenvalue weighted by Gasteiger charge is 2.16. The lowest BCUT2D eigenvalue weighted by atomic mass is 10.3. The first-order valence-electron chi connectivity index (χ1n) is 4.88. The van der Waals surface area contributed by atoms with Gasteiger partial charge in [-0.2, -0.15) is 0 Å². The summed E-state index contributed by atoms with van der Waals surface area (Å²) in [7, 11) is 2.39. The molecular weight excluding hydrogens is 304 g/mol. The zero-order chi connectivity index (χ0) is 13.5. The SMILES string of the molecule is COC(=O)C=C(Oc1ccccc1Br)C(=O)OC. The van der Waals surface area contributed by atoms with E-state index in [1.807, 2.05) is 0 Å². The molecule has 0 fully saturated rings. The van der Waals surface area contributed by atoms with Gasteiger partial charge in [0.1, 0.15) is 5.75 Å². The van der Waals surface area contributed by atoms with Gasteiger partial charge in [-0.25, -0.2) is 9.59 Å².